The van der Waals surface area contributed by atoms with Crippen LogP contribution in [0.3, 0.4) is 0 Å². The van der Waals surface area contributed by atoms with E-state index in [1.807, 2.05) is 0 Å². The van der Waals surface area contributed by atoms with Crippen molar-refractivity contribution in [3.63, 3.8) is 0 Å². The minimum atomic E-state index is -6.72. The molecule has 29 heavy (non-hydrogen) atoms. The van der Waals surface area contributed by atoms with Gasteiger partial charge in [-0.2, -0.15) is 39.0 Å². The van der Waals surface area contributed by atoms with Crippen molar-refractivity contribution < 1.29 is 47.7 Å². The number of aromatic nitrogens is 2. The average Bonchev–Trinajstić information content (AvgIpc) is 2.93. The molecule has 0 aromatic carbocycles. The fourth-order valence-electron chi connectivity index (χ4n) is 1.78. The Kier molecular flexibility index (Phi) is 11.0. The van der Waals surface area contributed by atoms with Crippen LogP contribution in [0.4, 0.5) is 26.3 Å². The van der Waals surface area contributed by atoms with Gasteiger partial charge in [-0.3, -0.25) is 0 Å². The molecule has 0 unspecified atom stereocenters. The lowest BCUT2D eigenvalue weighted by atomic mass is 10.1. The van der Waals surface area contributed by atoms with Crippen molar-refractivity contribution >= 4 is 32.7 Å². The smallest absolute Gasteiger partial charge is 0.421 e. The van der Waals surface area contributed by atoms with Gasteiger partial charge in [0, 0.05) is 0 Å². The second-order valence-corrected chi connectivity index (χ2v) is 9.59. The number of sulfonamides is 2. The van der Waals surface area contributed by atoms with Crippen LogP contribution in [0.1, 0.15) is 32.1 Å². The molecule has 172 valence electrons. The fraction of sp³-hybridized carbons (Fsp3) is 0.769. The van der Waals surface area contributed by atoms with E-state index in [2.05, 4.69) is 47.5 Å². The number of unbranched alkanes of at least 4 members (excludes halogenated alkanes) is 4. The standard InChI is InChI=1S/C11H20N2S.C2F6NO4S2/c1-12-8-9-13(11-12)7-5-3-2-4-6-10-14;3-1(4,5)14(10,11)9-15(12,13)2(6,7)8/h8-9,11H,2-7,10H2,1H3;/q;-1/p+1. The summed E-state index contributed by atoms with van der Waals surface area (Å²) in [5.41, 5.74) is -12.4. The molecule has 0 aliphatic heterocycles. The van der Waals surface area contributed by atoms with Crippen LogP contribution in [0.2, 0.25) is 0 Å². The van der Waals surface area contributed by atoms with E-state index in [4.69, 9.17) is 0 Å². The molecular weight excluding hydrogens is 472 g/mol. The Balaban J connectivity index is 0.000000541. The van der Waals surface area contributed by atoms with Crippen LogP contribution in [0.25, 0.3) is 4.13 Å². The Bertz CT molecular complexity index is 778. The molecule has 0 spiro atoms. The maximum absolute atomic E-state index is 11.4. The van der Waals surface area contributed by atoms with Gasteiger partial charge in [-0.05, 0) is 25.0 Å². The van der Waals surface area contributed by atoms with E-state index in [1.165, 1.54) is 32.1 Å². The molecule has 0 bridgehead atoms. The van der Waals surface area contributed by atoms with Crippen LogP contribution >= 0.6 is 12.6 Å². The molecule has 1 aromatic heterocycles. The van der Waals surface area contributed by atoms with E-state index in [1.54, 1.807) is 0 Å². The first-order valence-electron chi connectivity index (χ1n) is 8.02. The SMILES string of the molecule is C[n+]1ccn(CCCCCCCS)c1.O=S(=O)([N-]S(=O)(=O)C(F)(F)F)C(F)(F)F. The third kappa shape index (κ3) is 10.5. The number of nitrogens with zero attached hydrogens (tertiary/aromatic N) is 3. The fourth-order valence-corrected chi connectivity index (χ4v) is 3.72. The summed E-state index contributed by atoms with van der Waals surface area (Å²) in [7, 11) is -11.4. The summed E-state index contributed by atoms with van der Waals surface area (Å²) in [5.74, 6) is 1.04. The zero-order valence-electron chi connectivity index (χ0n) is 15.2. The summed E-state index contributed by atoms with van der Waals surface area (Å²) >= 11 is 4.20. The van der Waals surface area contributed by atoms with Gasteiger partial charge in [0.2, 0.25) is 6.33 Å². The molecule has 1 rings (SSSR count). The Labute approximate surface area is 170 Å². The van der Waals surface area contributed by atoms with Crippen molar-refractivity contribution in [3.8, 4) is 0 Å². The second kappa shape index (κ2) is 11.4. The zero-order valence-corrected chi connectivity index (χ0v) is 17.7. The zero-order chi connectivity index (χ0) is 22.9. The molecule has 0 saturated heterocycles. The van der Waals surface area contributed by atoms with Crippen LogP contribution < -0.4 is 4.57 Å². The Morgan fingerprint density at radius 3 is 1.72 bits per heavy atom. The van der Waals surface area contributed by atoms with E-state index < -0.39 is 31.1 Å². The number of thiol groups is 1. The predicted molar refractivity (Wildman–Crippen MR) is 95.9 cm³/mol. The predicted octanol–water partition coefficient (Wildman–Crippen LogP) is 3.25. The summed E-state index contributed by atoms with van der Waals surface area (Å²) < 4.78 is 114. The number of hydrogen-bond donors (Lipinski definition) is 1. The van der Waals surface area contributed by atoms with Crippen molar-refractivity contribution in [2.24, 2.45) is 7.05 Å². The van der Waals surface area contributed by atoms with Crippen molar-refractivity contribution in [3.05, 3.63) is 22.8 Å². The lowest BCUT2D eigenvalue weighted by Crippen LogP contribution is -2.30. The van der Waals surface area contributed by atoms with Crippen LogP contribution in [0, 0.1) is 0 Å². The summed E-state index contributed by atoms with van der Waals surface area (Å²) in [4.78, 5) is 0. The highest BCUT2D eigenvalue weighted by atomic mass is 32.3. The third-order valence-electron chi connectivity index (χ3n) is 3.18. The Morgan fingerprint density at radius 2 is 1.34 bits per heavy atom. The molecule has 0 amide bonds. The van der Waals surface area contributed by atoms with Gasteiger partial charge in [0.1, 0.15) is 12.4 Å². The molecule has 16 heteroatoms. The van der Waals surface area contributed by atoms with Crippen molar-refractivity contribution in [2.75, 3.05) is 5.75 Å². The van der Waals surface area contributed by atoms with E-state index in [-0.39, 0.29) is 0 Å². The number of rotatable bonds is 9. The quantitative estimate of drug-likeness (QED) is 0.248. The van der Waals surface area contributed by atoms with Crippen molar-refractivity contribution in [2.45, 2.75) is 49.7 Å². The van der Waals surface area contributed by atoms with Gasteiger partial charge >= 0.3 is 11.0 Å². The monoisotopic (exact) mass is 493 g/mol. The van der Waals surface area contributed by atoms with Crippen LogP contribution in [-0.4, -0.2) is 38.2 Å². The highest BCUT2D eigenvalue weighted by Gasteiger charge is 2.46. The number of alkyl halides is 6. The molecule has 0 fully saturated rings. The molecular formula is C13H21F6N3O4S3. The summed E-state index contributed by atoms with van der Waals surface area (Å²) in [6, 6.07) is 0. The first kappa shape index (κ1) is 28.0. The lowest BCUT2D eigenvalue weighted by molar-refractivity contribution is -0.671. The summed E-state index contributed by atoms with van der Waals surface area (Å²) in [6.07, 6.45) is 12.9. The molecule has 7 nitrogen and oxygen atoms in total. The first-order chi connectivity index (χ1) is 13.0. The summed E-state index contributed by atoms with van der Waals surface area (Å²) in [5, 5.41) is 0. The molecule has 0 atom stereocenters. The van der Waals surface area contributed by atoms with Gasteiger partial charge < -0.3 is 4.13 Å². The van der Waals surface area contributed by atoms with Gasteiger partial charge in [0.05, 0.1) is 13.6 Å². The van der Waals surface area contributed by atoms with Crippen LogP contribution in [0.15, 0.2) is 18.7 Å². The normalized spacial score (nSPS) is 13.1. The average molecular weight is 494 g/mol. The van der Waals surface area contributed by atoms with Gasteiger partial charge in [0.15, 0.2) is 20.0 Å². The lowest BCUT2D eigenvalue weighted by Gasteiger charge is -2.22. The highest BCUT2D eigenvalue weighted by molar-refractivity contribution is 8.13. The third-order valence-corrected chi connectivity index (χ3v) is 6.24. The second-order valence-electron chi connectivity index (χ2n) is 5.72. The highest BCUT2D eigenvalue weighted by Crippen LogP contribution is 2.36. The van der Waals surface area contributed by atoms with Gasteiger partial charge in [-0.1, -0.05) is 12.8 Å². The number of hydrogen-bond acceptors (Lipinski definition) is 5. The first-order valence-corrected chi connectivity index (χ1v) is 11.5. The van der Waals surface area contributed by atoms with Crippen LogP contribution in [-0.2, 0) is 33.6 Å². The van der Waals surface area contributed by atoms with Crippen molar-refractivity contribution in [1.29, 1.82) is 0 Å². The van der Waals surface area contributed by atoms with Crippen molar-refractivity contribution in [1.82, 2.24) is 4.57 Å². The van der Waals surface area contributed by atoms with Gasteiger partial charge in [-0.15, -0.1) is 0 Å². The topological polar surface area (TPSA) is 91.2 Å². The molecule has 0 aliphatic rings. The van der Waals surface area contributed by atoms with E-state index in [0.29, 0.717) is 0 Å². The number of aryl methyl sites for hydroxylation is 2. The van der Waals surface area contributed by atoms with E-state index in [0.717, 1.165) is 16.4 Å². The molecule has 0 radical (unpaired) electrons. The van der Waals surface area contributed by atoms with E-state index >= 15 is 0 Å². The molecule has 1 heterocycles. The van der Waals surface area contributed by atoms with E-state index in [9.17, 15) is 43.2 Å². The molecule has 1 aromatic rings. The minimum Gasteiger partial charge on any atom is -0.421 e. The van der Waals surface area contributed by atoms with Gasteiger partial charge in [-0.25, -0.2) is 26.0 Å². The largest absolute Gasteiger partial charge is 0.480 e. The van der Waals surface area contributed by atoms with Gasteiger partial charge in [0.25, 0.3) is 0 Å². The maximum atomic E-state index is 11.4. The molecule has 0 saturated carbocycles. The Morgan fingerprint density at radius 1 is 0.897 bits per heavy atom. The molecule has 0 N–H and O–H groups in total. The molecule has 0 aliphatic carbocycles. The summed E-state index contributed by atoms with van der Waals surface area (Å²) in [6.45, 7) is 1.15. The number of halogens is 6. The Hall–Kier alpha value is -1.00. The maximum Gasteiger partial charge on any atom is 0.480 e. The van der Waals surface area contributed by atoms with Crippen LogP contribution in [0.5, 0.6) is 0 Å². The number of imidazole rings is 1. The minimum absolute atomic E-state index is 0.778.